The molecule has 0 saturated carbocycles. The molecule has 0 aliphatic carbocycles. The van der Waals surface area contributed by atoms with Crippen LogP contribution in [-0.2, 0) is 19.3 Å². The SMILES string of the molecule is CCNC(=NCCCn1ccnc1)NC1CCN(Cc2ccc(C(F)(F)F)cc2)C1.I. The Bertz CT molecular complexity index is 792. The highest BCUT2D eigenvalue weighted by Crippen LogP contribution is 2.29. The molecule has 0 amide bonds. The van der Waals surface area contributed by atoms with Crippen LogP contribution < -0.4 is 10.6 Å². The monoisotopic (exact) mass is 550 g/mol. The van der Waals surface area contributed by atoms with Gasteiger partial charge >= 0.3 is 6.18 Å². The Morgan fingerprint density at radius 1 is 1.26 bits per heavy atom. The lowest BCUT2D eigenvalue weighted by molar-refractivity contribution is -0.137. The van der Waals surface area contributed by atoms with Crippen LogP contribution >= 0.6 is 24.0 Å². The maximum atomic E-state index is 12.7. The molecular formula is C21H30F3IN6. The minimum atomic E-state index is -4.29. The maximum Gasteiger partial charge on any atom is 0.416 e. The van der Waals surface area contributed by atoms with Crippen LogP contribution in [0.1, 0.15) is 30.9 Å². The van der Waals surface area contributed by atoms with Gasteiger partial charge in [0.05, 0.1) is 11.9 Å². The van der Waals surface area contributed by atoms with Crippen LogP contribution in [0.4, 0.5) is 13.2 Å². The largest absolute Gasteiger partial charge is 0.416 e. The second kappa shape index (κ2) is 12.3. The van der Waals surface area contributed by atoms with E-state index in [4.69, 9.17) is 0 Å². The normalized spacial score (nSPS) is 17.4. The summed E-state index contributed by atoms with van der Waals surface area (Å²) in [4.78, 5) is 10.9. The van der Waals surface area contributed by atoms with E-state index in [2.05, 4.69) is 25.5 Å². The number of guanidine groups is 1. The number of alkyl halides is 3. The van der Waals surface area contributed by atoms with Crippen LogP contribution in [0.2, 0.25) is 0 Å². The lowest BCUT2D eigenvalue weighted by Gasteiger charge is -2.19. The fourth-order valence-electron chi connectivity index (χ4n) is 3.53. The minimum Gasteiger partial charge on any atom is -0.357 e. The topological polar surface area (TPSA) is 57.5 Å². The Balaban J connectivity index is 0.00000341. The summed E-state index contributed by atoms with van der Waals surface area (Å²) in [5, 5.41) is 6.77. The number of imidazole rings is 1. The predicted molar refractivity (Wildman–Crippen MR) is 126 cm³/mol. The highest BCUT2D eigenvalue weighted by atomic mass is 127. The van der Waals surface area contributed by atoms with Crippen LogP contribution in [0.15, 0.2) is 48.0 Å². The van der Waals surface area contributed by atoms with E-state index in [1.165, 1.54) is 0 Å². The van der Waals surface area contributed by atoms with Gasteiger partial charge in [-0.2, -0.15) is 13.2 Å². The molecule has 31 heavy (non-hydrogen) atoms. The number of hydrogen-bond acceptors (Lipinski definition) is 3. The fraction of sp³-hybridized carbons (Fsp3) is 0.524. The standard InChI is InChI=1S/C21H29F3N6.HI/c1-2-26-20(27-9-3-11-29-13-10-25-16-29)28-19-8-12-30(15-19)14-17-4-6-18(7-5-17)21(22,23)24;/h4-7,10,13,16,19H,2-3,8-9,11-12,14-15H2,1H3,(H2,26,27,28);1H. The van der Waals surface area contributed by atoms with Gasteiger partial charge in [-0.25, -0.2) is 4.98 Å². The van der Waals surface area contributed by atoms with Crippen LogP contribution in [0.5, 0.6) is 0 Å². The van der Waals surface area contributed by atoms with E-state index in [0.717, 1.165) is 69.2 Å². The van der Waals surface area contributed by atoms with E-state index in [-0.39, 0.29) is 30.0 Å². The average molecular weight is 550 g/mol. The fourth-order valence-corrected chi connectivity index (χ4v) is 3.53. The van der Waals surface area contributed by atoms with Gasteiger partial charge in [-0.1, -0.05) is 12.1 Å². The molecule has 1 aliphatic heterocycles. The zero-order chi connectivity index (χ0) is 21.4. The van der Waals surface area contributed by atoms with Crippen molar-refractivity contribution in [3.05, 3.63) is 54.1 Å². The number of likely N-dealkylation sites (tertiary alicyclic amines) is 1. The van der Waals surface area contributed by atoms with Crippen molar-refractivity contribution in [1.82, 2.24) is 25.1 Å². The molecule has 1 saturated heterocycles. The van der Waals surface area contributed by atoms with E-state index < -0.39 is 11.7 Å². The first kappa shape index (κ1) is 25.4. The molecule has 172 valence electrons. The molecular weight excluding hydrogens is 520 g/mol. The van der Waals surface area contributed by atoms with Gasteiger partial charge in [0.1, 0.15) is 0 Å². The minimum absolute atomic E-state index is 0. The number of nitrogens with one attached hydrogen (secondary N) is 2. The predicted octanol–water partition coefficient (Wildman–Crippen LogP) is 3.74. The maximum absolute atomic E-state index is 12.7. The van der Waals surface area contributed by atoms with Crippen molar-refractivity contribution in [2.75, 3.05) is 26.2 Å². The Hall–Kier alpha value is -1.82. The number of nitrogens with zero attached hydrogens (tertiary/aromatic N) is 4. The molecule has 2 heterocycles. The molecule has 0 spiro atoms. The quantitative estimate of drug-likeness (QED) is 0.228. The molecule has 6 nitrogen and oxygen atoms in total. The van der Waals surface area contributed by atoms with E-state index >= 15 is 0 Å². The second-order valence-corrected chi connectivity index (χ2v) is 7.47. The van der Waals surface area contributed by atoms with E-state index in [1.807, 2.05) is 17.7 Å². The summed E-state index contributed by atoms with van der Waals surface area (Å²) in [7, 11) is 0. The summed E-state index contributed by atoms with van der Waals surface area (Å²) < 4.78 is 40.1. The number of aliphatic imine (C=N–C) groups is 1. The van der Waals surface area contributed by atoms with Gasteiger partial charge in [0.2, 0.25) is 0 Å². The lowest BCUT2D eigenvalue weighted by Crippen LogP contribution is -2.44. The van der Waals surface area contributed by atoms with Crippen LogP contribution in [-0.4, -0.2) is 52.6 Å². The number of rotatable bonds is 8. The number of aryl methyl sites for hydroxylation is 1. The van der Waals surface area contributed by atoms with Crippen molar-refractivity contribution in [3.8, 4) is 0 Å². The lowest BCUT2D eigenvalue weighted by atomic mass is 10.1. The van der Waals surface area contributed by atoms with Gasteiger partial charge < -0.3 is 15.2 Å². The molecule has 2 aromatic rings. The summed E-state index contributed by atoms with van der Waals surface area (Å²) in [6, 6.07) is 5.71. The van der Waals surface area contributed by atoms with Gasteiger partial charge in [-0.05, 0) is 37.5 Å². The Kier molecular flexibility index (Phi) is 10.1. The van der Waals surface area contributed by atoms with Crippen LogP contribution in [0, 0.1) is 0 Å². The van der Waals surface area contributed by atoms with Crippen molar-refractivity contribution in [2.24, 2.45) is 4.99 Å². The zero-order valence-corrected chi connectivity index (χ0v) is 19.9. The van der Waals surface area contributed by atoms with Crippen molar-refractivity contribution in [2.45, 2.75) is 45.1 Å². The van der Waals surface area contributed by atoms with E-state index in [0.29, 0.717) is 6.54 Å². The molecule has 1 fully saturated rings. The molecule has 1 aromatic carbocycles. The number of aromatic nitrogens is 2. The van der Waals surface area contributed by atoms with Gasteiger partial charge in [0.15, 0.2) is 5.96 Å². The summed E-state index contributed by atoms with van der Waals surface area (Å²) in [5.41, 5.74) is 0.287. The molecule has 10 heteroatoms. The molecule has 1 aliphatic rings. The molecule has 1 unspecified atom stereocenters. The summed E-state index contributed by atoms with van der Waals surface area (Å²) >= 11 is 0. The van der Waals surface area contributed by atoms with Gasteiger partial charge in [0.25, 0.3) is 0 Å². The number of benzene rings is 1. The second-order valence-electron chi connectivity index (χ2n) is 7.47. The van der Waals surface area contributed by atoms with Crippen LogP contribution in [0.25, 0.3) is 0 Å². The first-order valence-corrected chi connectivity index (χ1v) is 10.3. The third kappa shape index (κ3) is 8.32. The summed E-state index contributed by atoms with van der Waals surface area (Å²) in [5.74, 6) is 0.810. The van der Waals surface area contributed by atoms with Crippen molar-refractivity contribution < 1.29 is 13.2 Å². The molecule has 1 atom stereocenters. The van der Waals surface area contributed by atoms with E-state index in [1.54, 1.807) is 24.7 Å². The van der Waals surface area contributed by atoms with Crippen LogP contribution in [0.3, 0.4) is 0 Å². The molecule has 2 N–H and O–H groups in total. The molecule has 3 rings (SSSR count). The van der Waals surface area contributed by atoms with Gasteiger partial charge in [0, 0.05) is 57.7 Å². The summed E-state index contributed by atoms with van der Waals surface area (Å²) in [6.45, 7) is 6.81. The highest BCUT2D eigenvalue weighted by molar-refractivity contribution is 14.0. The zero-order valence-electron chi connectivity index (χ0n) is 17.6. The smallest absolute Gasteiger partial charge is 0.357 e. The average Bonchev–Trinajstić information content (AvgIpc) is 3.37. The molecule has 1 aromatic heterocycles. The van der Waals surface area contributed by atoms with Crippen molar-refractivity contribution in [3.63, 3.8) is 0 Å². The first-order chi connectivity index (χ1) is 14.4. The third-order valence-corrected chi connectivity index (χ3v) is 5.05. The van der Waals surface area contributed by atoms with Crippen molar-refractivity contribution >= 4 is 29.9 Å². The van der Waals surface area contributed by atoms with Gasteiger partial charge in [-0.3, -0.25) is 9.89 Å². The molecule has 0 radical (unpaired) electrons. The Morgan fingerprint density at radius 2 is 2.03 bits per heavy atom. The number of halogens is 4. The van der Waals surface area contributed by atoms with E-state index in [9.17, 15) is 13.2 Å². The Labute approximate surface area is 198 Å². The third-order valence-electron chi connectivity index (χ3n) is 5.05. The molecule has 0 bridgehead atoms. The Morgan fingerprint density at radius 3 is 2.68 bits per heavy atom. The van der Waals surface area contributed by atoms with Gasteiger partial charge in [-0.15, -0.1) is 24.0 Å². The number of hydrogen-bond donors (Lipinski definition) is 2. The first-order valence-electron chi connectivity index (χ1n) is 10.3. The highest BCUT2D eigenvalue weighted by Gasteiger charge is 2.30. The van der Waals surface area contributed by atoms with Crippen molar-refractivity contribution in [1.29, 1.82) is 0 Å². The summed E-state index contributed by atoms with van der Waals surface area (Å²) in [6.07, 6.45) is 3.12.